The van der Waals surface area contributed by atoms with Gasteiger partial charge in [0, 0.05) is 6.92 Å². The molecule has 0 unspecified atom stereocenters. The highest BCUT2D eigenvalue weighted by Gasteiger charge is 1.69. The molecule has 0 saturated carbocycles. The van der Waals surface area contributed by atoms with E-state index in [4.69, 9.17) is 0 Å². The Labute approximate surface area is 93.8 Å². The average molecular weight is 196 g/mol. The highest BCUT2D eigenvalue weighted by Crippen LogP contribution is 1.87. The molecule has 0 nitrogen and oxygen atoms in total. The molecule has 0 aliphatic carbocycles. The predicted octanol–water partition coefficient (Wildman–Crippen LogP) is 5.11. The van der Waals surface area contributed by atoms with Crippen molar-refractivity contribution in [3.05, 3.63) is 54.7 Å². The third kappa shape index (κ3) is 220. The van der Waals surface area contributed by atoms with Gasteiger partial charge in [0.05, 0.1) is 26.7 Å². The van der Waals surface area contributed by atoms with Gasteiger partial charge in [-0.15, -0.1) is 19.6 Å². The highest BCUT2D eigenvalue weighted by molar-refractivity contribution is 4.41. The van der Waals surface area contributed by atoms with Crippen LogP contribution >= 0.6 is 0 Å². The van der Waals surface area contributed by atoms with E-state index in [0.29, 0.717) is 0 Å². The summed E-state index contributed by atoms with van der Waals surface area (Å²) in [7, 11) is 0. The Hall–Kier alpha value is -0.650. The first-order valence-corrected chi connectivity index (χ1v) is 5.00. The van der Waals surface area contributed by atoms with Gasteiger partial charge >= 0.3 is 0 Å². The Morgan fingerprint density at radius 2 is 1.07 bits per heavy atom. The van der Waals surface area contributed by atoms with E-state index < -0.39 is 0 Å². The lowest BCUT2D eigenvalue weighted by molar-refractivity contribution is 0.864. The van der Waals surface area contributed by atoms with Gasteiger partial charge in [-0.05, 0) is 12.8 Å². The van der Waals surface area contributed by atoms with E-state index in [1.807, 2.05) is 0 Å². The average Bonchev–Trinajstić information content (AvgIpc) is 2.24. The molecule has 14 heavy (non-hydrogen) atoms. The fourth-order valence-electron chi connectivity index (χ4n) is 0.177. The second-order valence-electron chi connectivity index (χ2n) is 2.12. The lowest BCUT2D eigenvalue weighted by atomic mass is 10.3. The van der Waals surface area contributed by atoms with Crippen LogP contribution in [0.15, 0.2) is 13.2 Å². The summed E-state index contributed by atoms with van der Waals surface area (Å²) in [6.07, 6.45) is 5.90. The van der Waals surface area contributed by atoms with Crippen molar-refractivity contribution in [1.82, 2.24) is 0 Å². The summed E-state index contributed by atoms with van der Waals surface area (Å²) in [4.78, 5) is 0. The highest BCUT2D eigenvalue weighted by atomic mass is 13.7. The lowest BCUT2D eigenvalue weighted by Gasteiger charge is -1.81. The van der Waals surface area contributed by atoms with Gasteiger partial charge in [0.1, 0.15) is 0 Å². The van der Waals surface area contributed by atoms with Crippen molar-refractivity contribution in [2.75, 3.05) is 0 Å². The minimum absolute atomic E-state index is 0.750. The maximum atomic E-state index is 3.64. The molecule has 0 spiro atoms. The summed E-state index contributed by atoms with van der Waals surface area (Å²) in [6, 6.07) is 0. The summed E-state index contributed by atoms with van der Waals surface area (Å²) in [5.74, 6) is 0. The molecule has 0 aliphatic heterocycles. The van der Waals surface area contributed by atoms with E-state index >= 15 is 0 Å². The zero-order chi connectivity index (χ0) is 12.2. The van der Waals surface area contributed by atoms with E-state index in [1.165, 1.54) is 6.42 Å². The molecule has 0 heteroatoms. The molecule has 0 aliphatic rings. The Morgan fingerprint density at radius 3 is 1.07 bits per heavy atom. The normalized spacial score (nSPS) is 6.50. The Balaban J connectivity index is -0.0000000505. The van der Waals surface area contributed by atoms with Crippen LogP contribution in [0, 0.1) is 41.5 Å². The van der Waals surface area contributed by atoms with Gasteiger partial charge in [-0.3, -0.25) is 6.92 Å². The third-order valence-electron chi connectivity index (χ3n) is 0.750. The quantitative estimate of drug-likeness (QED) is 0.435. The van der Waals surface area contributed by atoms with Crippen molar-refractivity contribution in [1.29, 1.82) is 0 Å². The minimum atomic E-state index is 0.750. The summed E-state index contributed by atoms with van der Waals surface area (Å²) in [5, 5.41) is 0. The number of rotatable bonds is 3. The fraction of sp³-hybridized carbons (Fsp3) is 0.429. The molecule has 0 aromatic heterocycles. The molecule has 0 fully saturated rings. The summed E-state index contributed by atoms with van der Waals surface area (Å²) < 4.78 is 0. The van der Waals surface area contributed by atoms with Crippen LogP contribution in [0.3, 0.4) is 0 Å². The molecular weight excluding hydrogens is 168 g/mol. The first-order valence-electron chi connectivity index (χ1n) is 5.00. The zero-order valence-corrected chi connectivity index (χ0v) is 9.90. The molecule has 0 aromatic rings. The number of hydrogen-bond acceptors (Lipinski definition) is 0. The standard InChI is InChI=1S/C5H10.C4H8.C3H6.C2H4/c1-3-5-4-2;1-3-4-2;1-3-2;1-2/h1-5H2;1-4H2;1-3H2;1-2H2. The van der Waals surface area contributed by atoms with Crippen molar-refractivity contribution in [3.63, 3.8) is 0 Å². The SMILES string of the molecule is C=C.[CH2+]CCC[CH2-].[CH2+]CC[CH2-].[CH2+]C[CH2-]. The fourth-order valence-corrected chi connectivity index (χ4v) is 0.177. The van der Waals surface area contributed by atoms with Crippen LogP contribution in [-0.2, 0) is 0 Å². The first-order chi connectivity index (χ1) is 6.74. The maximum Gasteiger partial charge on any atom is 0.0826 e. The van der Waals surface area contributed by atoms with E-state index in [9.17, 15) is 0 Å². The van der Waals surface area contributed by atoms with Crippen molar-refractivity contribution < 1.29 is 0 Å². The first kappa shape index (κ1) is 23.3. The van der Waals surface area contributed by atoms with E-state index in [0.717, 1.165) is 32.1 Å². The lowest BCUT2D eigenvalue weighted by Crippen LogP contribution is -1.60. The van der Waals surface area contributed by atoms with Gasteiger partial charge in [0.2, 0.25) is 0 Å². The van der Waals surface area contributed by atoms with E-state index in [-0.39, 0.29) is 0 Å². The van der Waals surface area contributed by atoms with E-state index in [1.54, 1.807) is 0 Å². The van der Waals surface area contributed by atoms with Gasteiger partial charge < -0.3 is 13.8 Å². The second-order valence-corrected chi connectivity index (χ2v) is 2.12. The molecule has 0 heterocycles. The third-order valence-corrected chi connectivity index (χ3v) is 0.750. The predicted molar refractivity (Wildman–Crippen MR) is 71.1 cm³/mol. The van der Waals surface area contributed by atoms with Gasteiger partial charge in [-0.2, -0.15) is 6.42 Å². The summed E-state index contributed by atoms with van der Waals surface area (Å²) >= 11 is 0. The monoisotopic (exact) mass is 196 g/mol. The van der Waals surface area contributed by atoms with Crippen LogP contribution in [-0.4, -0.2) is 0 Å². The molecule has 0 N–H and O–H groups in total. The molecule has 84 valence electrons. The largest absolute Gasteiger partial charge is 0.343 e. The van der Waals surface area contributed by atoms with Crippen LogP contribution < -0.4 is 0 Å². The van der Waals surface area contributed by atoms with Gasteiger partial charge in [0.25, 0.3) is 0 Å². The molecule has 0 atom stereocenters. The van der Waals surface area contributed by atoms with Crippen molar-refractivity contribution in [2.45, 2.75) is 38.5 Å². The summed E-state index contributed by atoms with van der Waals surface area (Å²) in [5.41, 5.74) is 0. The number of hydrogen-bond donors (Lipinski definition) is 0. The van der Waals surface area contributed by atoms with Gasteiger partial charge in [0.15, 0.2) is 0 Å². The second kappa shape index (κ2) is 55.6. The molecule has 0 amide bonds. The van der Waals surface area contributed by atoms with Crippen molar-refractivity contribution in [2.24, 2.45) is 0 Å². The van der Waals surface area contributed by atoms with Gasteiger partial charge in [-0.25, -0.2) is 0 Å². The van der Waals surface area contributed by atoms with Gasteiger partial charge in [-0.1, -0.05) is 0 Å². The molecule has 0 bridgehead atoms. The van der Waals surface area contributed by atoms with Crippen LogP contribution in [0.2, 0.25) is 0 Å². The topological polar surface area (TPSA) is 0 Å². The molecule has 0 aromatic carbocycles. The Bertz CT molecular complexity index is 35.3. The van der Waals surface area contributed by atoms with Crippen LogP contribution in [0.1, 0.15) is 38.5 Å². The molecule has 0 saturated heterocycles. The Kier molecular flexibility index (Phi) is 92.5. The van der Waals surface area contributed by atoms with Crippen LogP contribution in [0.4, 0.5) is 0 Å². The zero-order valence-electron chi connectivity index (χ0n) is 9.90. The summed E-state index contributed by atoms with van der Waals surface area (Å²) in [6.45, 7) is 27.1. The number of unbranched alkanes of at least 4 members (excludes halogenated alkanes) is 3. The molecule has 0 radical (unpaired) electrons. The van der Waals surface area contributed by atoms with Crippen molar-refractivity contribution >= 4 is 0 Å². The smallest absolute Gasteiger partial charge is 0.0826 e. The molecular formula is C14H28. The molecule has 0 rings (SSSR count). The maximum absolute atomic E-state index is 3.64. The Morgan fingerprint density at radius 1 is 0.786 bits per heavy atom. The minimum Gasteiger partial charge on any atom is -0.343 e. The van der Waals surface area contributed by atoms with Crippen LogP contribution in [0.5, 0.6) is 0 Å². The van der Waals surface area contributed by atoms with Crippen molar-refractivity contribution in [3.8, 4) is 0 Å². The van der Waals surface area contributed by atoms with E-state index in [2.05, 4.69) is 54.7 Å². The van der Waals surface area contributed by atoms with Crippen LogP contribution in [0.25, 0.3) is 0 Å².